The average Bonchev–Trinajstić information content (AvgIpc) is 3.36. The maximum atomic E-state index is 12.5. The summed E-state index contributed by atoms with van der Waals surface area (Å²) < 4.78 is 5.46. The summed E-state index contributed by atoms with van der Waals surface area (Å²) >= 11 is 0. The first-order valence-electron chi connectivity index (χ1n) is 31.3. The van der Waals surface area contributed by atoms with Crippen LogP contribution in [0.2, 0.25) is 0 Å². The van der Waals surface area contributed by atoms with E-state index in [0.717, 1.165) is 64.2 Å². The minimum Gasteiger partial charge on any atom is -0.466 e. The van der Waals surface area contributed by atoms with Crippen molar-refractivity contribution < 1.29 is 24.5 Å². The van der Waals surface area contributed by atoms with Crippen molar-refractivity contribution in [2.75, 3.05) is 13.2 Å². The standard InChI is InChI=1S/C64H121NO5/c1-3-5-7-9-11-13-15-17-18-19-20-21-22-23-26-29-33-36-40-44-48-52-56-62(67)61(60-66)65-63(68)57-53-49-45-41-37-34-30-27-24-25-28-31-35-39-43-47-51-55-59-70-64(69)58-54-50-46-42-38-32-16-14-12-10-8-6-4-2/h14,16,27,30,52,56,61-62,66-67H,3-13,15,17-26,28-29,31-51,53-55,57-60H2,1-2H3,(H,65,68)/b16-14-,30-27-,56-52+. The minimum absolute atomic E-state index is 0.00695. The van der Waals surface area contributed by atoms with Crippen LogP contribution in [0.25, 0.3) is 0 Å². The molecule has 0 rings (SSSR count). The molecule has 0 aliphatic rings. The molecule has 1 amide bonds. The molecule has 6 heteroatoms. The number of esters is 1. The molecule has 3 N–H and O–H groups in total. The maximum absolute atomic E-state index is 12.5. The highest BCUT2D eigenvalue weighted by atomic mass is 16.5. The summed E-state index contributed by atoms with van der Waals surface area (Å²) in [5.74, 6) is -0.0869. The predicted octanol–water partition coefficient (Wildman–Crippen LogP) is 19.6. The summed E-state index contributed by atoms with van der Waals surface area (Å²) in [5, 5.41) is 23.2. The lowest BCUT2D eigenvalue weighted by molar-refractivity contribution is -0.143. The molecule has 6 nitrogen and oxygen atoms in total. The van der Waals surface area contributed by atoms with E-state index in [1.165, 1.54) is 244 Å². The van der Waals surface area contributed by atoms with E-state index in [1.807, 2.05) is 6.08 Å². The van der Waals surface area contributed by atoms with Gasteiger partial charge in [0.15, 0.2) is 0 Å². The Hall–Kier alpha value is -1.92. The van der Waals surface area contributed by atoms with Crippen molar-refractivity contribution in [3.05, 3.63) is 36.5 Å². The molecule has 0 saturated carbocycles. The van der Waals surface area contributed by atoms with E-state index >= 15 is 0 Å². The van der Waals surface area contributed by atoms with Gasteiger partial charge in [0.1, 0.15) is 0 Å². The molecule has 0 spiro atoms. The van der Waals surface area contributed by atoms with Crippen molar-refractivity contribution in [2.45, 2.75) is 347 Å². The quantitative estimate of drug-likeness (QED) is 0.0321. The van der Waals surface area contributed by atoms with Crippen molar-refractivity contribution in [3.8, 4) is 0 Å². The number of carbonyl (C=O) groups excluding carboxylic acids is 2. The molecule has 0 aromatic heterocycles. The minimum atomic E-state index is -0.855. The second-order valence-electron chi connectivity index (χ2n) is 21.4. The van der Waals surface area contributed by atoms with Gasteiger partial charge in [-0.2, -0.15) is 0 Å². The lowest BCUT2D eigenvalue weighted by Gasteiger charge is -2.20. The number of ether oxygens (including phenoxy) is 1. The second-order valence-corrected chi connectivity index (χ2v) is 21.4. The van der Waals surface area contributed by atoms with Crippen molar-refractivity contribution in [1.82, 2.24) is 5.32 Å². The highest BCUT2D eigenvalue weighted by Crippen LogP contribution is 2.17. The third-order valence-electron chi connectivity index (χ3n) is 14.4. The first kappa shape index (κ1) is 68.1. The molecule has 0 radical (unpaired) electrons. The highest BCUT2D eigenvalue weighted by molar-refractivity contribution is 5.76. The monoisotopic (exact) mass is 984 g/mol. The molecule has 0 saturated heterocycles. The van der Waals surface area contributed by atoms with Gasteiger partial charge < -0.3 is 20.3 Å². The first-order valence-corrected chi connectivity index (χ1v) is 31.3. The van der Waals surface area contributed by atoms with E-state index in [-0.39, 0.29) is 18.5 Å². The van der Waals surface area contributed by atoms with Crippen LogP contribution in [0.1, 0.15) is 335 Å². The normalized spacial score (nSPS) is 12.8. The summed E-state index contributed by atoms with van der Waals surface area (Å²) in [4.78, 5) is 24.5. The Morgan fingerprint density at radius 1 is 0.386 bits per heavy atom. The van der Waals surface area contributed by atoms with Crippen LogP contribution in [0.4, 0.5) is 0 Å². The maximum Gasteiger partial charge on any atom is 0.305 e. The molecule has 0 bridgehead atoms. The van der Waals surface area contributed by atoms with Crippen LogP contribution in [0.15, 0.2) is 36.5 Å². The Kier molecular flexibility index (Phi) is 58.0. The largest absolute Gasteiger partial charge is 0.466 e. The summed E-state index contributed by atoms with van der Waals surface area (Å²) in [5.41, 5.74) is 0. The predicted molar refractivity (Wildman–Crippen MR) is 306 cm³/mol. The number of amides is 1. The third kappa shape index (κ3) is 55.4. The van der Waals surface area contributed by atoms with E-state index in [0.29, 0.717) is 19.4 Å². The number of unbranched alkanes of at least 4 members (excludes halogenated alkanes) is 43. The fourth-order valence-corrected chi connectivity index (χ4v) is 9.57. The van der Waals surface area contributed by atoms with Gasteiger partial charge >= 0.3 is 5.97 Å². The SMILES string of the molecule is CCCCCC/C=C\CCCCCCCC(=O)OCCCCCCCCCCC/C=C\CCCCCCCC(=O)NC(CO)C(O)/C=C/CCCCCCCCCCCCCCCCCCCCCC. The van der Waals surface area contributed by atoms with Gasteiger partial charge in [-0.1, -0.05) is 275 Å². The molecule has 0 aromatic rings. The van der Waals surface area contributed by atoms with Crippen LogP contribution in [0.5, 0.6) is 0 Å². The van der Waals surface area contributed by atoms with Gasteiger partial charge in [-0.25, -0.2) is 0 Å². The van der Waals surface area contributed by atoms with Crippen molar-refractivity contribution >= 4 is 11.9 Å². The van der Waals surface area contributed by atoms with Crippen LogP contribution < -0.4 is 5.32 Å². The van der Waals surface area contributed by atoms with Crippen LogP contribution in [-0.2, 0) is 14.3 Å². The van der Waals surface area contributed by atoms with Crippen LogP contribution in [0, 0.1) is 0 Å². The van der Waals surface area contributed by atoms with Crippen molar-refractivity contribution in [1.29, 1.82) is 0 Å². The zero-order valence-electron chi connectivity index (χ0n) is 47.0. The molecule has 0 fully saturated rings. The Bertz CT molecular complexity index is 1130. The highest BCUT2D eigenvalue weighted by Gasteiger charge is 2.18. The Morgan fingerprint density at radius 3 is 1.03 bits per heavy atom. The summed E-state index contributed by atoms with van der Waals surface area (Å²) in [6.07, 6.45) is 74.7. The van der Waals surface area contributed by atoms with Gasteiger partial charge in [-0.3, -0.25) is 9.59 Å². The van der Waals surface area contributed by atoms with Crippen LogP contribution in [0.3, 0.4) is 0 Å². The summed E-state index contributed by atoms with van der Waals surface area (Å²) in [6.45, 7) is 4.89. The smallest absolute Gasteiger partial charge is 0.305 e. The zero-order chi connectivity index (χ0) is 50.7. The number of rotatable bonds is 58. The van der Waals surface area contributed by atoms with E-state index in [2.05, 4.69) is 43.5 Å². The number of carbonyl (C=O) groups is 2. The lowest BCUT2D eigenvalue weighted by Crippen LogP contribution is -2.45. The van der Waals surface area contributed by atoms with E-state index in [9.17, 15) is 19.8 Å². The van der Waals surface area contributed by atoms with E-state index < -0.39 is 12.1 Å². The number of aliphatic hydroxyl groups is 2. The van der Waals surface area contributed by atoms with Gasteiger partial charge in [-0.15, -0.1) is 0 Å². The van der Waals surface area contributed by atoms with E-state index in [4.69, 9.17) is 4.74 Å². The molecule has 2 atom stereocenters. The molecule has 0 aliphatic heterocycles. The number of nitrogens with one attached hydrogen (secondary N) is 1. The van der Waals surface area contributed by atoms with Gasteiger partial charge in [-0.05, 0) is 83.5 Å². The van der Waals surface area contributed by atoms with Gasteiger partial charge in [0.05, 0.1) is 25.4 Å². The van der Waals surface area contributed by atoms with E-state index in [1.54, 1.807) is 6.08 Å². The number of aliphatic hydroxyl groups excluding tert-OH is 2. The molecule has 2 unspecified atom stereocenters. The lowest BCUT2D eigenvalue weighted by atomic mass is 10.0. The number of hydrogen-bond acceptors (Lipinski definition) is 5. The number of allylic oxidation sites excluding steroid dienone is 5. The molecular weight excluding hydrogens is 863 g/mol. The van der Waals surface area contributed by atoms with Gasteiger partial charge in [0.2, 0.25) is 5.91 Å². The first-order chi connectivity index (χ1) is 34.5. The van der Waals surface area contributed by atoms with Crippen LogP contribution in [-0.4, -0.2) is 47.4 Å². The number of hydrogen-bond donors (Lipinski definition) is 3. The zero-order valence-corrected chi connectivity index (χ0v) is 47.0. The summed E-state index contributed by atoms with van der Waals surface area (Å²) in [6, 6.07) is -0.639. The third-order valence-corrected chi connectivity index (χ3v) is 14.4. The van der Waals surface area contributed by atoms with Gasteiger partial charge in [0, 0.05) is 12.8 Å². The van der Waals surface area contributed by atoms with Crippen molar-refractivity contribution in [3.63, 3.8) is 0 Å². The van der Waals surface area contributed by atoms with Gasteiger partial charge in [0.25, 0.3) is 0 Å². The molecular formula is C64H121NO5. The molecule has 0 aromatic carbocycles. The molecule has 70 heavy (non-hydrogen) atoms. The fraction of sp³-hybridized carbons (Fsp3) is 0.875. The molecule has 0 aliphatic carbocycles. The Morgan fingerprint density at radius 2 is 0.671 bits per heavy atom. The van der Waals surface area contributed by atoms with Crippen LogP contribution >= 0.6 is 0 Å². The average molecular weight is 985 g/mol. The van der Waals surface area contributed by atoms with Crippen molar-refractivity contribution in [2.24, 2.45) is 0 Å². The second kappa shape index (κ2) is 59.6. The Balaban J connectivity index is 3.49. The fourth-order valence-electron chi connectivity index (χ4n) is 9.57. The topological polar surface area (TPSA) is 95.9 Å². The summed E-state index contributed by atoms with van der Waals surface area (Å²) in [7, 11) is 0. The molecule has 412 valence electrons. The Labute approximate surface area is 436 Å². The molecule has 0 heterocycles.